The number of amides is 1. The van der Waals surface area contributed by atoms with Crippen LogP contribution in [0.5, 0.6) is 11.5 Å². The van der Waals surface area contributed by atoms with Gasteiger partial charge in [-0.05, 0) is 116 Å². The van der Waals surface area contributed by atoms with E-state index in [4.69, 9.17) is 14.2 Å². The number of H-pyrrole nitrogens is 1. The number of aliphatic hydroxyl groups excluding tert-OH is 1. The third-order valence-electron chi connectivity index (χ3n) is 12.4. The minimum absolute atomic E-state index is 0.0875. The highest BCUT2D eigenvalue weighted by Crippen LogP contribution is 2.32. The zero-order valence-electron chi connectivity index (χ0n) is 37.0. The quantitative estimate of drug-likeness (QED) is 0.0425. The lowest BCUT2D eigenvalue weighted by molar-refractivity contribution is -0.0336. The Kier molecular flexibility index (Phi) is 15.3. The lowest BCUT2D eigenvalue weighted by atomic mass is 9.86. The van der Waals surface area contributed by atoms with Gasteiger partial charge in [0.25, 0.3) is 0 Å². The predicted molar refractivity (Wildman–Crippen MR) is 252 cm³/mol. The topological polar surface area (TPSA) is 200 Å². The molecule has 0 radical (unpaired) electrons. The van der Waals surface area contributed by atoms with E-state index in [9.17, 15) is 33.0 Å². The molecule has 4 heterocycles. The van der Waals surface area contributed by atoms with Crippen molar-refractivity contribution in [2.75, 3.05) is 52.4 Å². The molecule has 0 saturated carbocycles. The van der Waals surface area contributed by atoms with Crippen LogP contribution in [0.3, 0.4) is 0 Å². The first kappa shape index (κ1) is 47.0. The number of sulfonamides is 1. The first-order valence-electron chi connectivity index (χ1n) is 22.5. The SMILES string of the molecule is O=C(N[C@@H](c1ccccc1)c1cccc(OCc2ccc(C(=O)OCCN(CCCNC[C@H](O)c3ccc(O)c4[nH]c(=O)ccc34)S(=O)(=O)c3ccccc3)cc2)c1)O[C@H]1CN2CCC1CC2. The molecule has 1 aromatic heterocycles. The predicted octanol–water partition coefficient (Wildman–Crippen LogP) is 6.28. The first-order chi connectivity index (χ1) is 32.5. The number of aromatic nitrogens is 1. The van der Waals surface area contributed by atoms with Crippen molar-refractivity contribution in [1.29, 1.82) is 0 Å². The summed E-state index contributed by atoms with van der Waals surface area (Å²) in [5.74, 6) is 0.276. The van der Waals surface area contributed by atoms with Gasteiger partial charge in [-0.25, -0.2) is 18.0 Å². The molecule has 3 atom stereocenters. The number of aliphatic hydroxyl groups is 1. The van der Waals surface area contributed by atoms with Gasteiger partial charge in [0.2, 0.25) is 15.6 Å². The number of phenols is 1. The summed E-state index contributed by atoms with van der Waals surface area (Å²) in [6, 6.07) is 37.5. The number of carbonyl (C=O) groups is 2. The number of aromatic amines is 1. The summed E-state index contributed by atoms with van der Waals surface area (Å²) in [4.78, 5) is 43.3. The first-order valence-corrected chi connectivity index (χ1v) is 24.0. The number of phenolic OH excluding ortho intramolecular Hbond substituents is 1. The van der Waals surface area contributed by atoms with E-state index in [1.807, 2.05) is 54.6 Å². The van der Waals surface area contributed by atoms with Gasteiger partial charge >= 0.3 is 12.1 Å². The van der Waals surface area contributed by atoms with Gasteiger partial charge in [0, 0.05) is 37.6 Å². The van der Waals surface area contributed by atoms with Crippen molar-refractivity contribution in [3.05, 3.63) is 172 Å². The minimum Gasteiger partial charge on any atom is -0.506 e. The lowest BCUT2D eigenvalue weighted by Crippen LogP contribution is -2.52. The average molecular weight is 930 g/mol. The van der Waals surface area contributed by atoms with Crippen molar-refractivity contribution in [3.8, 4) is 11.5 Å². The highest BCUT2D eigenvalue weighted by Gasteiger charge is 2.37. The normalized spacial score (nSPS) is 17.7. The molecule has 67 heavy (non-hydrogen) atoms. The van der Waals surface area contributed by atoms with Gasteiger partial charge in [-0.1, -0.05) is 78.9 Å². The number of pyridine rings is 1. The fourth-order valence-electron chi connectivity index (χ4n) is 8.72. The molecule has 0 unspecified atom stereocenters. The maximum atomic E-state index is 13.7. The van der Waals surface area contributed by atoms with Crippen LogP contribution in [0.2, 0.25) is 0 Å². The van der Waals surface area contributed by atoms with E-state index in [0.717, 1.165) is 49.2 Å². The summed E-state index contributed by atoms with van der Waals surface area (Å²) >= 11 is 0. The Labute approximate surface area is 389 Å². The molecule has 9 rings (SSSR count). The number of esters is 1. The van der Waals surface area contributed by atoms with Crippen LogP contribution in [0.4, 0.5) is 4.79 Å². The molecule has 15 nitrogen and oxygen atoms in total. The molecule has 3 aliphatic heterocycles. The Balaban J connectivity index is 0.829. The summed E-state index contributed by atoms with van der Waals surface area (Å²) in [5.41, 5.74) is 3.19. The van der Waals surface area contributed by atoms with Crippen molar-refractivity contribution >= 4 is 33.0 Å². The molecule has 350 valence electrons. The summed E-state index contributed by atoms with van der Waals surface area (Å²) in [7, 11) is -3.94. The molecule has 3 saturated heterocycles. The molecule has 3 fully saturated rings. The second kappa shape index (κ2) is 21.8. The summed E-state index contributed by atoms with van der Waals surface area (Å²) in [6.45, 7) is 3.41. The number of piperidine rings is 3. The van der Waals surface area contributed by atoms with Crippen LogP contribution >= 0.6 is 0 Å². The molecular weight excluding hydrogens is 875 g/mol. The van der Waals surface area contributed by atoms with E-state index in [0.29, 0.717) is 41.1 Å². The van der Waals surface area contributed by atoms with Crippen LogP contribution in [0.1, 0.15) is 64.0 Å². The van der Waals surface area contributed by atoms with Crippen LogP contribution in [0.15, 0.2) is 143 Å². The van der Waals surface area contributed by atoms with Gasteiger partial charge in [-0.2, -0.15) is 4.31 Å². The Morgan fingerprint density at radius 3 is 2.31 bits per heavy atom. The molecule has 16 heteroatoms. The van der Waals surface area contributed by atoms with E-state index in [2.05, 4.69) is 20.5 Å². The van der Waals surface area contributed by atoms with Gasteiger partial charge < -0.3 is 40.0 Å². The summed E-state index contributed by atoms with van der Waals surface area (Å²) in [5, 5.41) is 27.9. The highest BCUT2D eigenvalue weighted by molar-refractivity contribution is 7.89. The van der Waals surface area contributed by atoms with Crippen LogP contribution in [-0.4, -0.2) is 103 Å². The van der Waals surface area contributed by atoms with E-state index in [-0.39, 0.29) is 60.7 Å². The molecule has 5 N–H and O–H groups in total. The maximum absolute atomic E-state index is 13.7. The number of nitrogens with one attached hydrogen (secondary N) is 3. The maximum Gasteiger partial charge on any atom is 0.408 e. The summed E-state index contributed by atoms with van der Waals surface area (Å²) in [6.07, 6.45) is 0.923. The number of nitrogens with zero attached hydrogens (tertiary/aromatic N) is 2. The van der Waals surface area contributed by atoms with E-state index in [1.165, 1.54) is 28.6 Å². The van der Waals surface area contributed by atoms with Gasteiger partial charge in [0.05, 0.1) is 28.1 Å². The minimum atomic E-state index is -3.94. The standard InChI is InChI=1S/C51H55N5O10S/c57-44-21-19-42(43-20-22-47(59)53-49(43)44)45(58)32-52-25-8-26-56(67(62,63)41-13-5-2-6-14-41)29-30-64-50(60)38-17-15-35(16-18-38)34-65-40-12-7-11-39(31-40)48(37-9-3-1-4-10-37)54-51(61)66-46-33-55-27-23-36(46)24-28-55/h1-7,9-22,31,36,45-46,48,52,57-58H,8,23-30,32-34H2,(H,53,59)(H,54,61)/t45-,46-,48-/m0/s1. The number of hydrogen-bond donors (Lipinski definition) is 5. The monoisotopic (exact) mass is 929 g/mol. The summed E-state index contributed by atoms with van der Waals surface area (Å²) < 4.78 is 46.4. The number of aromatic hydroxyl groups is 1. The fourth-order valence-corrected chi connectivity index (χ4v) is 10.2. The second-order valence-corrected chi connectivity index (χ2v) is 18.8. The molecule has 3 aliphatic rings. The smallest absolute Gasteiger partial charge is 0.408 e. The van der Waals surface area contributed by atoms with Crippen LogP contribution in [0, 0.1) is 5.92 Å². The zero-order chi connectivity index (χ0) is 46.8. The number of hydrogen-bond acceptors (Lipinski definition) is 12. The molecule has 1 amide bonds. The van der Waals surface area contributed by atoms with Crippen LogP contribution in [0.25, 0.3) is 10.9 Å². The molecule has 0 aliphatic carbocycles. The van der Waals surface area contributed by atoms with Crippen molar-refractivity contribution in [1.82, 2.24) is 24.8 Å². The van der Waals surface area contributed by atoms with Crippen LogP contribution in [-0.2, 0) is 26.1 Å². The molecule has 0 spiro atoms. The molecular formula is C51H55N5O10S. The molecule has 2 bridgehead atoms. The van der Waals surface area contributed by atoms with Gasteiger partial charge in [-0.15, -0.1) is 0 Å². The van der Waals surface area contributed by atoms with Crippen molar-refractivity contribution < 1.29 is 42.4 Å². The fraction of sp³-hybridized carbons (Fsp3) is 0.314. The van der Waals surface area contributed by atoms with Crippen LogP contribution < -0.4 is 20.9 Å². The van der Waals surface area contributed by atoms with Gasteiger partial charge in [-0.3, -0.25) is 9.69 Å². The Bertz CT molecular complexity index is 2790. The molecule has 6 aromatic rings. The Morgan fingerprint density at radius 1 is 0.851 bits per heavy atom. The number of fused-ring (bicyclic) bond motifs is 4. The molecule has 5 aromatic carbocycles. The zero-order valence-corrected chi connectivity index (χ0v) is 37.8. The largest absolute Gasteiger partial charge is 0.506 e. The van der Waals surface area contributed by atoms with E-state index < -0.39 is 34.2 Å². The number of alkyl carbamates (subject to hydrolysis) is 1. The number of carbonyl (C=O) groups excluding carboxylic acids is 2. The average Bonchev–Trinajstić information content (AvgIpc) is 3.35. The lowest BCUT2D eigenvalue weighted by Gasteiger charge is -2.43. The van der Waals surface area contributed by atoms with Crippen molar-refractivity contribution in [3.63, 3.8) is 0 Å². The Hall–Kier alpha value is -6.56. The highest BCUT2D eigenvalue weighted by atomic mass is 32.2. The third-order valence-corrected chi connectivity index (χ3v) is 14.3. The number of ether oxygens (including phenoxy) is 3. The number of benzene rings is 5. The van der Waals surface area contributed by atoms with Gasteiger partial charge in [0.15, 0.2) is 0 Å². The van der Waals surface area contributed by atoms with Gasteiger partial charge in [0.1, 0.15) is 30.8 Å². The number of rotatable bonds is 20. The van der Waals surface area contributed by atoms with E-state index in [1.54, 1.807) is 54.6 Å². The van der Waals surface area contributed by atoms with Crippen molar-refractivity contribution in [2.24, 2.45) is 5.92 Å². The van der Waals surface area contributed by atoms with Crippen molar-refractivity contribution in [2.45, 2.75) is 49.0 Å². The van der Waals surface area contributed by atoms with E-state index >= 15 is 0 Å². The third kappa shape index (κ3) is 11.9. The Morgan fingerprint density at radius 2 is 1.58 bits per heavy atom. The second-order valence-electron chi connectivity index (χ2n) is 16.8.